The molecule has 1 heterocycles. The first-order valence-corrected chi connectivity index (χ1v) is 9.14. The molecular formula is C21H22ClN3O. The lowest BCUT2D eigenvalue weighted by Crippen LogP contribution is -2.03. The second-order valence-electron chi connectivity index (χ2n) is 6.10. The van der Waals surface area contributed by atoms with Gasteiger partial charge < -0.3 is 10.5 Å². The van der Waals surface area contributed by atoms with Crippen LogP contribution in [-0.4, -0.2) is 9.97 Å². The van der Waals surface area contributed by atoms with Crippen molar-refractivity contribution in [3.05, 3.63) is 70.9 Å². The molecule has 0 fully saturated rings. The largest absolute Gasteiger partial charge is 0.489 e. The van der Waals surface area contributed by atoms with Gasteiger partial charge in [-0.05, 0) is 42.7 Å². The van der Waals surface area contributed by atoms with E-state index in [0.717, 1.165) is 47.4 Å². The average molecular weight is 368 g/mol. The molecule has 0 unspecified atom stereocenters. The summed E-state index contributed by atoms with van der Waals surface area (Å²) in [6.45, 7) is 2.68. The molecule has 134 valence electrons. The molecule has 3 rings (SSSR count). The number of hydrogen-bond donors (Lipinski definition) is 1. The zero-order valence-electron chi connectivity index (χ0n) is 14.8. The Morgan fingerprint density at radius 2 is 1.73 bits per heavy atom. The van der Waals surface area contributed by atoms with E-state index in [0.29, 0.717) is 11.8 Å². The van der Waals surface area contributed by atoms with Crippen LogP contribution in [0, 0.1) is 0 Å². The van der Waals surface area contributed by atoms with Crippen LogP contribution >= 0.6 is 11.6 Å². The number of halogens is 1. The first-order chi connectivity index (χ1) is 12.7. The number of ether oxygens (including phenoxy) is 1. The SMILES string of the molecule is CCCCc1c(Cl)nc(N)nc1-c1ccc(OCc2ccccc2)cc1. The maximum Gasteiger partial charge on any atom is 0.222 e. The molecule has 3 aromatic rings. The molecule has 2 N–H and O–H groups in total. The van der Waals surface area contributed by atoms with Crippen molar-refractivity contribution < 1.29 is 4.74 Å². The van der Waals surface area contributed by atoms with E-state index in [9.17, 15) is 0 Å². The monoisotopic (exact) mass is 367 g/mol. The van der Waals surface area contributed by atoms with E-state index >= 15 is 0 Å². The Morgan fingerprint density at radius 1 is 1.00 bits per heavy atom. The highest BCUT2D eigenvalue weighted by Crippen LogP contribution is 2.30. The van der Waals surface area contributed by atoms with E-state index in [1.54, 1.807) is 0 Å². The van der Waals surface area contributed by atoms with Crippen LogP contribution in [0.4, 0.5) is 5.95 Å². The molecule has 4 nitrogen and oxygen atoms in total. The van der Waals surface area contributed by atoms with E-state index in [2.05, 4.69) is 16.9 Å². The van der Waals surface area contributed by atoms with Gasteiger partial charge in [0.2, 0.25) is 5.95 Å². The predicted octanol–water partition coefficient (Wildman–Crippen LogP) is 5.30. The van der Waals surface area contributed by atoms with Gasteiger partial charge in [0.15, 0.2) is 0 Å². The Labute approximate surface area is 159 Å². The lowest BCUT2D eigenvalue weighted by atomic mass is 10.0. The molecule has 5 heteroatoms. The molecule has 0 saturated carbocycles. The van der Waals surface area contributed by atoms with E-state index in [1.165, 1.54) is 0 Å². The number of aromatic nitrogens is 2. The van der Waals surface area contributed by atoms with Gasteiger partial charge in [0, 0.05) is 11.1 Å². The van der Waals surface area contributed by atoms with Crippen LogP contribution in [0.5, 0.6) is 5.75 Å². The van der Waals surface area contributed by atoms with Gasteiger partial charge in [-0.15, -0.1) is 0 Å². The molecule has 0 spiro atoms. The molecular weight excluding hydrogens is 346 g/mol. The molecule has 0 aliphatic carbocycles. The Hall–Kier alpha value is -2.59. The fourth-order valence-corrected chi connectivity index (χ4v) is 3.01. The zero-order valence-corrected chi connectivity index (χ0v) is 15.5. The van der Waals surface area contributed by atoms with Crippen molar-refractivity contribution in [2.45, 2.75) is 32.8 Å². The summed E-state index contributed by atoms with van der Waals surface area (Å²) in [7, 11) is 0. The van der Waals surface area contributed by atoms with Crippen LogP contribution in [0.2, 0.25) is 5.15 Å². The Kier molecular flexibility index (Phi) is 6.08. The van der Waals surface area contributed by atoms with Gasteiger partial charge in [0.1, 0.15) is 17.5 Å². The third-order valence-corrected chi connectivity index (χ3v) is 4.44. The maximum atomic E-state index is 6.31. The third-order valence-electron chi connectivity index (χ3n) is 4.13. The summed E-state index contributed by atoms with van der Waals surface area (Å²) in [6, 6.07) is 17.9. The minimum atomic E-state index is 0.189. The lowest BCUT2D eigenvalue weighted by molar-refractivity contribution is 0.306. The second-order valence-corrected chi connectivity index (χ2v) is 6.46. The van der Waals surface area contributed by atoms with Crippen LogP contribution in [-0.2, 0) is 13.0 Å². The normalized spacial score (nSPS) is 10.7. The van der Waals surface area contributed by atoms with Crippen LogP contribution < -0.4 is 10.5 Å². The second kappa shape index (κ2) is 8.68. The number of nitrogen functional groups attached to an aromatic ring is 1. The van der Waals surface area contributed by atoms with E-state index in [-0.39, 0.29) is 5.95 Å². The summed E-state index contributed by atoms with van der Waals surface area (Å²) in [5.41, 5.74) is 9.64. The van der Waals surface area contributed by atoms with Crippen molar-refractivity contribution in [2.24, 2.45) is 0 Å². The Bertz CT molecular complexity index is 851. The van der Waals surface area contributed by atoms with Crippen molar-refractivity contribution in [3.8, 4) is 17.0 Å². The first kappa shape index (κ1) is 18.2. The standard InChI is InChI=1S/C21H22ClN3O/c1-2-3-9-18-19(24-21(23)25-20(18)22)16-10-12-17(13-11-16)26-14-15-7-5-4-6-8-15/h4-8,10-13H,2-3,9,14H2,1H3,(H2,23,24,25). The molecule has 0 radical (unpaired) electrons. The molecule has 0 aliphatic rings. The molecule has 0 bridgehead atoms. The zero-order chi connectivity index (χ0) is 18.4. The Morgan fingerprint density at radius 3 is 2.42 bits per heavy atom. The molecule has 0 atom stereocenters. The summed E-state index contributed by atoms with van der Waals surface area (Å²) in [5.74, 6) is 0.996. The molecule has 0 saturated heterocycles. The maximum absolute atomic E-state index is 6.31. The van der Waals surface area contributed by atoms with Gasteiger partial charge in [0.25, 0.3) is 0 Å². The van der Waals surface area contributed by atoms with E-state index in [1.807, 2.05) is 54.6 Å². The van der Waals surface area contributed by atoms with E-state index < -0.39 is 0 Å². The summed E-state index contributed by atoms with van der Waals surface area (Å²) in [5, 5.41) is 0.436. The fourth-order valence-electron chi connectivity index (χ4n) is 2.74. The molecule has 0 amide bonds. The summed E-state index contributed by atoms with van der Waals surface area (Å²) in [6.07, 6.45) is 2.93. The summed E-state index contributed by atoms with van der Waals surface area (Å²) in [4.78, 5) is 8.52. The van der Waals surface area contributed by atoms with Gasteiger partial charge in [-0.2, -0.15) is 0 Å². The highest BCUT2D eigenvalue weighted by atomic mass is 35.5. The third kappa shape index (κ3) is 4.52. The van der Waals surface area contributed by atoms with Gasteiger partial charge in [-0.1, -0.05) is 55.3 Å². The van der Waals surface area contributed by atoms with Crippen LogP contribution in [0.3, 0.4) is 0 Å². The van der Waals surface area contributed by atoms with Crippen molar-refractivity contribution in [1.82, 2.24) is 9.97 Å². The topological polar surface area (TPSA) is 61.0 Å². The molecule has 1 aromatic heterocycles. The highest BCUT2D eigenvalue weighted by molar-refractivity contribution is 6.30. The van der Waals surface area contributed by atoms with Crippen LogP contribution in [0.25, 0.3) is 11.3 Å². The number of rotatable bonds is 7. The van der Waals surface area contributed by atoms with Gasteiger partial charge in [-0.3, -0.25) is 0 Å². The van der Waals surface area contributed by atoms with E-state index in [4.69, 9.17) is 22.1 Å². The fraction of sp³-hybridized carbons (Fsp3) is 0.238. The van der Waals surface area contributed by atoms with Crippen LogP contribution in [0.15, 0.2) is 54.6 Å². The molecule has 0 aliphatic heterocycles. The number of benzene rings is 2. The summed E-state index contributed by atoms with van der Waals surface area (Å²) >= 11 is 6.31. The number of nitrogens with zero attached hydrogens (tertiary/aromatic N) is 2. The van der Waals surface area contributed by atoms with Gasteiger partial charge >= 0.3 is 0 Å². The minimum Gasteiger partial charge on any atom is -0.489 e. The van der Waals surface area contributed by atoms with Crippen LogP contribution in [0.1, 0.15) is 30.9 Å². The quantitative estimate of drug-likeness (QED) is 0.575. The number of unbranched alkanes of at least 4 members (excludes halogenated alkanes) is 1. The highest BCUT2D eigenvalue weighted by Gasteiger charge is 2.13. The van der Waals surface area contributed by atoms with Crippen molar-refractivity contribution in [3.63, 3.8) is 0 Å². The summed E-state index contributed by atoms with van der Waals surface area (Å²) < 4.78 is 5.84. The smallest absolute Gasteiger partial charge is 0.222 e. The average Bonchev–Trinajstić information content (AvgIpc) is 2.66. The van der Waals surface area contributed by atoms with Crippen molar-refractivity contribution in [2.75, 3.05) is 5.73 Å². The first-order valence-electron chi connectivity index (χ1n) is 8.76. The van der Waals surface area contributed by atoms with Gasteiger partial charge in [0.05, 0.1) is 5.69 Å². The Balaban J connectivity index is 1.79. The number of hydrogen-bond acceptors (Lipinski definition) is 4. The lowest BCUT2D eigenvalue weighted by Gasteiger charge is -2.12. The minimum absolute atomic E-state index is 0.189. The number of nitrogens with two attached hydrogens (primary N) is 1. The van der Waals surface area contributed by atoms with Crippen molar-refractivity contribution >= 4 is 17.5 Å². The number of anilines is 1. The molecule has 26 heavy (non-hydrogen) atoms. The molecule has 2 aromatic carbocycles. The van der Waals surface area contributed by atoms with Crippen molar-refractivity contribution in [1.29, 1.82) is 0 Å². The predicted molar refractivity (Wildman–Crippen MR) is 106 cm³/mol. The van der Waals surface area contributed by atoms with Gasteiger partial charge in [-0.25, -0.2) is 9.97 Å².